The zero-order chi connectivity index (χ0) is 20.2. The van der Waals surface area contributed by atoms with Gasteiger partial charge in [-0.1, -0.05) is 36.4 Å². The van der Waals surface area contributed by atoms with Gasteiger partial charge in [0.25, 0.3) is 0 Å². The number of hydroxylamine groups is 2. The molecule has 0 saturated carbocycles. The van der Waals surface area contributed by atoms with Crippen LogP contribution in [0.4, 0.5) is 4.79 Å². The van der Waals surface area contributed by atoms with Gasteiger partial charge >= 0.3 is 6.03 Å². The molecule has 4 rings (SSSR count). The highest BCUT2D eigenvalue weighted by atomic mass is 16.7. The van der Waals surface area contributed by atoms with E-state index in [0.717, 1.165) is 5.56 Å². The predicted octanol–water partition coefficient (Wildman–Crippen LogP) is 1.78. The number of hydrogen-bond acceptors (Lipinski definition) is 5. The number of nitrogens with zero attached hydrogens (tertiary/aromatic N) is 3. The molecule has 2 bridgehead atoms. The molecule has 1 aromatic carbocycles. The number of ketones is 1. The number of benzene rings is 1. The molecule has 150 valence electrons. The van der Waals surface area contributed by atoms with Crippen molar-refractivity contribution in [1.29, 1.82) is 0 Å². The van der Waals surface area contributed by atoms with E-state index in [1.807, 2.05) is 30.3 Å². The Morgan fingerprint density at radius 1 is 1.10 bits per heavy atom. The van der Waals surface area contributed by atoms with Gasteiger partial charge in [-0.2, -0.15) is 5.06 Å². The molecule has 2 aliphatic heterocycles. The lowest BCUT2D eigenvalue weighted by Crippen LogP contribution is -2.50. The molecule has 2 atom stereocenters. The zero-order valence-corrected chi connectivity index (χ0v) is 15.9. The summed E-state index contributed by atoms with van der Waals surface area (Å²) in [6.07, 6.45) is 2.73. The van der Waals surface area contributed by atoms with Crippen molar-refractivity contribution >= 4 is 17.7 Å². The average molecular weight is 394 g/mol. The SMILES string of the molecule is O=C(CNC(=O)[C@@H]1CC[C@@H]2CN1C(=O)N2OCc1ccccc1)c1ccccn1. The van der Waals surface area contributed by atoms with Crippen molar-refractivity contribution < 1.29 is 19.2 Å². The fourth-order valence-electron chi connectivity index (χ4n) is 3.69. The standard InChI is InChI=1S/C21H22N4O4/c26-19(17-8-4-5-11-22-17)12-23-20(27)18-10-9-16-13-24(18)21(28)25(16)29-14-15-6-2-1-3-7-15/h1-8,11,16,18H,9-10,12-14H2,(H,23,27)/t16-,18+/m1/s1. The van der Waals surface area contributed by atoms with E-state index in [-0.39, 0.29) is 30.3 Å². The molecule has 0 radical (unpaired) electrons. The van der Waals surface area contributed by atoms with Crippen molar-refractivity contribution in [2.75, 3.05) is 13.1 Å². The Morgan fingerprint density at radius 2 is 1.90 bits per heavy atom. The molecule has 3 amide bonds. The minimum atomic E-state index is -0.597. The van der Waals surface area contributed by atoms with E-state index >= 15 is 0 Å². The monoisotopic (exact) mass is 394 g/mol. The Morgan fingerprint density at radius 3 is 2.66 bits per heavy atom. The number of amides is 3. The topological polar surface area (TPSA) is 91.8 Å². The molecule has 0 unspecified atom stereocenters. The number of fused-ring (bicyclic) bond motifs is 2. The lowest BCUT2D eigenvalue weighted by molar-refractivity contribution is -0.140. The summed E-state index contributed by atoms with van der Waals surface area (Å²) in [7, 11) is 0. The van der Waals surface area contributed by atoms with Crippen LogP contribution in [0.1, 0.15) is 28.9 Å². The molecule has 29 heavy (non-hydrogen) atoms. The highest BCUT2D eigenvalue weighted by molar-refractivity contribution is 5.98. The molecule has 3 heterocycles. The molecular weight excluding hydrogens is 372 g/mol. The van der Waals surface area contributed by atoms with E-state index in [1.54, 1.807) is 18.2 Å². The number of nitrogens with one attached hydrogen (secondary N) is 1. The zero-order valence-electron chi connectivity index (χ0n) is 15.9. The van der Waals surface area contributed by atoms with Gasteiger partial charge < -0.3 is 10.2 Å². The molecule has 8 heteroatoms. The normalized spacial score (nSPS) is 20.6. The molecule has 2 saturated heterocycles. The maximum atomic E-state index is 12.8. The second-order valence-electron chi connectivity index (χ2n) is 7.12. The molecule has 0 spiro atoms. The highest BCUT2D eigenvalue weighted by Crippen LogP contribution is 2.30. The summed E-state index contributed by atoms with van der Waals surface area (Å²) in [5, 5.41) is 4.03. The van der Waals surface area contributed by atoms with Gasteiger partial charge in [-0.05, 0) is 30.5 Å². The van der Waals surface area contributed by atoms with Crippen molar-refractivity contribution in [3.05, 3.63) is 66.0 Å². The number of rotatable bonds is 7. The third kappa shape index (κ3) is 4.12. The maximum Gasteiger partial charge on any atom is 0.345 e. The van der Waals surface area contributed by atoms with Gasteiger partial charge in [0.15, 0.2) is 5.78 Å². The van der Waals surface area contributed by atoms with Crippen molar-refractivity contribution in [3.8, 4) is 0 Å². The number of Topliss-reactive ketones (excluding diaryl/α,β-unsaturated/α-hetero) is 1. The van der Waals surface area contributed by atoms with Crippen molar-refractivity contribution in [2.45, 2.75) is 31.5 Å². The number of carbonyl (C=O) groups excluding carboxylic acids is 3. The summed E-state index contributed by atoms with van der Waals surface area (Å²) in [6.45, 7) is 0.596. The lowest BCUT2D eigenvalue weighted by atomic mass is 10.0. The fourth-order valence-corrected chi connectivity index (χ4v) is 3.69. The Balaban J connectivity index is 1.33. The van der Waals surface area contributed by atoms with Crippen LogP contribution in [-0.2, 0) is 16.2 Å². The first kappa shape index (κ1) is 19.1. The summed E-state index contributed by atoms with van der Waals surface area (Å²) in [4.78, 5) is 48.8. The molecule has 1 N–H and O–H groups in total. The Hall–Kier alpha value is -3.26. The van der Waals surface area contributed by atoms with Crippen LogP contribution in [0.15, 0.2) is 54.7 Å². The van der Waals surface area contributed by atoms with Crippen LogP contribution in [0.2, 0.25) is 0 Å². The van der Waals surface area contributed by atoms with E-state index in [9.17, 15) is 14.4 Å². The third-order valence-electron chi connectivity index (χ3n) is 5.21. The quantitative estimate of drug-likeness (QED) is 0.723. The van der Waals surface area contributed by atoms with Gasteiger partial charge in [-0.3, -0.25) is 19.4 Å². The van der Waals surface area contributed by atoms with Crippen molar-refractivity contribution in [1.82, 2.24) is 20.3 Å². The van der Waals surface area contributed by atoms with Crippen LogP contribution in [0, 0.1) is 0 Å². The molecule has 1 aromatic heterocycles. The van der Waals surface area contributed by atoms with Crippen molar-refractivity contribution in [3.63, 3.8) is 0 Å². The highest BCUT2D eigenvalue weighted by Gasteiger charge is 2.47. The summed E-state index contributed by atoms with van der Waals surface area (Å²) in [6, 6.07) is 13.7. The lowest BCUT2D eigenvalue weighted by Gasteiger charge is -2.29. The molecule has 8 nitrogen and oxygen atoms in total. The Bertz CT molecular complexity index is 890. The van der Waals surface area contributed by atoms with Gasteiger partial charge in [0.2, 0.25) is 5.91 Å². The van der Waals surface area contributed by atoms with Crippen molar-refractivity contribution in [2.24, 2.45) is 0 Å². The Kier molecular flexibility index (Phi) is 5.53. The molecule has 2 fully saturated rings. The van der Waals surface area contributed by atoms with E-state index in [2.05, 4.69) is 10.3 Å². The number of urea groups is 1. The minimum absolute atomic E-state index is 0.0644. The number of piperidine rings is 1. The second-order valence-corrected chi connectivity index (χ2v) is 7.12. The summed E-state index contributed by atoms with van der Waals surface area (Å²) in [5.41, 5.74) is 1.27. The van der Waals surface area contributed by atoms with Gasteiger partial charge in [0, 0.05) is 12.7 Å². The van der Waals surface area contributed by atoms with Crippen LogP contribution >= 0.6 is 0 Å². The van der Waals surface area contributed by atoms with Crippen LogP contribution in [0.5, 0.6) is 0 Å². The predicted molar refractivity (Wildman–Crippen MR) is 104 cm³/mol. The third-order valence-corrected chi connectivity index (χ3v) is 5.21. The van der Waals surface area contributed by atoms with Gasteiger partial charge in [0.05, 0.1) is 12.6 Å². The first-order valence-corrected chi connectivity index (χ1v) is 9.62. The van der Waals surface area contributed by atoms with E-state index in [4.69, 9.17) is 4.84 Å². The largest absolute Gasteiger partial charge is 0.347 e. The Labute approximate surface area is 168 Å². The van der Waals surface area contributed by atoms with Crippen LogP contribution in [-0.4, -0.2) is 57.8 Å². The summed E-state index contributed by atoms with van der Waals surface area (Å²) < 4.78 is 0. The number of aromatic nitrogens is 1. The van der Waals surface area contributed by atoms with E-state index in [0.29, 0.717) is 31.7 Å². The van der Waals surface area contributed by atoms with E-state index in [1.165, 1.54) is 16.2 Å². The van der Waals surface area contributed by atoms with E-state index < -0.39 is 6.04 Å². The minimum Gasteiger partial charge on any atom is -0.347 e. The van der Waals surface area contributed by atoms with Crippen LogP contribution < -0.4 is 5.32 Å². The summed E-state index contributed by atoms with van der Waals surface area (Å²) >= 11 is 0. The van der Waals surface area contributed by atoms with Crippen LogP contribution in [0.25, 0.3) is 0 Å². The number of pyridine rings is 1. The molecule has 2 aromatic rings. The average Bonchev–Trinajstić information content (AvgIpc) is 3.01. The van der Waals surface area contributed by atoms with Gasteiger partial charge in [-0.25, -0.2) is 4.79 Å². The van der Waals surface area contributed by atoms with Crippen LogP contribution in [0.3, 0.4) is 0 Å². The first-order chi connectivity index (χ1) is 14.1. The molecule has 2 aliphatic rings. The first-order valence-electron chi connectivity index (χ1n) is 9.62. The van der Waals surface area contributed by atoms with Gasteiger partial charge in [-0.15, -0.1) is 0 Å². The maximum absolute atomic E-state index is 12.8. The molecular formula is C21H22N4O4. The van der Waals surface area contributed by atoms with Gasteiger partial charge in [0.1, 0.15) is 18.3 Å². The smallest absolute Gasteiger partial charge is 0.345 e. The number of hydrogen-bond donors (Lipinski definition) is 1. The number of carbonyl (C=O) groups is 3. The molecule has 0 aliphatic carbocycles. The summed E-state index contributed by atoms with van der Waals surface area (Å²) in [5.74, 6) is -0.598. The fraction of sp³-hybridized carbons (Fsp3) is 0.333. The second kappa shape index (κ2) is 8.40.